The fourth-order valence-electron chi connectivity index (χ4n) is 2.54. The molecule has 2 aromatic carbocycles. The van der Waals surface area contributed by atoms with Crippen molar-refractivity contribution in [1.82, 2.24) is 0 Å². The number of aliphatic hydroxyl groups is 1. The second kappa shape index (κ2) is 6.07. The van der Waals surface area contributed by atoms with Crippen molar-refractivity contribution in [2.24, 2.45) is 0 Å². The quantitative estimate of drug-likeness (QED) is 0.796. The zero-order chi connectivity index (χ0) is 15.0. The topological polar surface area (TPSA) is 29.5 Å². The molecule has 0 saturated heterocycles. The standard InChI is InChI=1S/C16H13Br2FO2/c17-12-5-10-3-4-21-16(10)11(6-12)8-15(20)9-1-2-14(19)13(18)7-9/h1-2,5-7,15,20H,3-4,8H2. The van der Waals surface area contributed by atoms with Crippen LogP contribution in [0.15, 0.2) is 39.3 Å². The van der Waals surface area contributed by atoms with E-state index in [4.69, 9.17) is 4.74 Å². The van der Waals surface area contributed by atoms with E-state index >= 15 is 0 Å². The summed E-state index contributed by atoms with van der Waals surface area (Å²) >= 11 is 6.63. The van der Waals surface area contributed by atoms with Gasteiger partial charge in [0.15, 0.2) is 0 Å². The van der Waals surface area contributed by atoms with Crippen molar-refractivity contribution in [2.45, 2.75) is 18.9 Å². The molecule has 0 bridgehead atoms. The number of fused-ring (bicyclic) bond motifs is 1. The molecule has 3 rings (SSSR count). The van der Waals surface area contributed by atoms with Crippen molar-refractivity contribution in [3.8, 4) is 5.75 Å². The third-order valence-electron chi connectivity index (χ3n) is 3.57. The third-order valence-corrected chi connectivity index (χ3v) is 4.63. The molecule has 21 heavy (non-hydrogen) atoms. The van der Waals surface area contributed by atoms with Gasteiger partial charge in [-0.15, -0.1) is 0 Å². The van der Waals surface area contributed by atoms with E-state index in [0.717, 1.165) is 27.8 Å². The second-order valence-corrected chi connectivity index (χ2v) is 6.82. The minimum atomic E-state index is -0.704. The summed E-state index contributed by atoms with van der Waals surface area (Å²) < 4.78 is 20.3. The molecule has 0 saturated carbocycles. The van der Waals surface area contributed by atoms with Gasteiger partial charge >= 0.3 is 0 Å². The lowest BCUT2D eigenvalue weighted by Gasteiger charge is -2.15. The van der Waals surface area contributed by atoms with Crippen LogP contribution in [0.5, 0.6) is 5.75 Å². The summed E-state index contributed by atoms with van der Waals surface area (Å²) in [6, 6.07) is 8.58. The molecule has 5 heteroatoms. The van der Waals surface area contributed by atoms with Gasteiger partial charge in [-0.3, -0.25) is 0 Å². The van der Waals surface area contributed by atoms with E-state index in [1.54, 1.807) is 12.1 Å². The zero-order valence-electron chi connectivity index (χ0n) is 11.1. The smallest absolute Gasteiger partial charge is 0.137 e. The minimum Gasteiger partial charge on any atom is -0.493 e. The van der Waals surface area contributed by atoms with Crippen molar-refractivity contribution >= 4 is 31.9 Å². The number of rotatable bonds is 3. The second-order valence-electron chi connectivity index (χ2n) is 5.05. The highest BCUT2D eigenvalue weighted by Crippen LogP contribution is 2.35. The van der Waals surface area contributed by atoms with Crippen LogP contribution in [-0.4, -0.2) is 11.7 Å². The first kappa shape index (κ1) is 15.0. The highest BCUT2D eigenvalue weighted by molar-refractivity contribution is 9.10. The molecule has 0 aliphatic carbocycles. The van der Waals surface area contributed by atoms with Gasteiger partial charge in [-0.05, 0) is 56.9 Å². The Bertz CT molecular complexity index is 688. The highest BCUT2D eigenvalue weighted by Gasteiger charge is 2.20. The summed E-state index contributed by atoms with van der Waals surface area (Å²) in [4.78, 5) is 0. The maximum absolute atomic E-state index is 13.3. The van der Waals surface area contributed by atoms with Crippen molar-refractivity contribution in [3.05, 3.63) is 61.8 Å². The van der Waals surface area contributed by atoms with E-state index in [1.807, 2.05) is 12.1 Å². The number of hydrogen-bond acceptors (Lipinski definition) is 2. The fourth-order valence-corrected chi connectivity index (χ4v) is 3.49. The van der Waals surface area contributed by atoms with Gasteiger partial charge < -0.3 is 9.84 Å². The maximum Gasteiger partial charge on any atom is 0.137 e. The highest BCUT2D eigenvalue weighted by atomic mass is 79.9. The van der Waals surface area contributed by atoms with Crippen LogP contribution < -0.4 is 4.74 Å². The Hall–Kier alpha value is -0.910. The first-order valence-electron chi connectivity index (χ1n) is 6.61. The molecule has 0 spiro atoms. The first-order valence-corrected chi connectivity index (χ1v) is 8.20. The van der Waals surface area contributed by atoms with Gasteiger partial charge in [0.05, 0.1) is 17.2 Å². The Kier molecular flexibility index (Phi) is 4.33. The average molecular weight is 416 g/mol. The summed E-state index contributed by atoms with van der Waals surface area (Å²) in [6.07, 6.45) is 0.615. The van der Waals surface area contributed by atoms with Gasteiger partial charge in [0.25, 0.3) is 0 Å². The number of ether oxygens (including phenoxy) is 1. The van der Waals surface area contributed by atoms with Gasteiger partial charge in [0.1, 0.15) is 11.6 Å². The maximum atomic E-state index is 13.3. The van der Waals surface area contributed by atoms with Crippen LogP contribution in [0.25, 0.3) is 0 Å². The SMILES string of the molecule is OC(Cc1cc(Br)cc2c1OCC2)c1ccc(F)c(Br)c1. The van der Waals surface area contributed by atoms with E-state index in [9.17, 15) is 9.50 Å². The summed E-state index contributed by atoms with van der Waals surface area (Å²) in [5.41, 5.74) is 2.80. The zero-order valence-corrected chi connectivity index (χ0v) is 14.2. The summed E-state index contributed by atoms with van der Waals surface area (Å²) in [6.45, 7) is 0.678. The Labute approximate surface area is 139 Å². The molecule has 0 amide bonds. The first-order chi connectivity index (χ1) is 10.0. The Morgan fingerprint density at radius 1 is 1.24 bits per heavy atom. The minimum absolute atomic E-state index is 0.336. The van der Waals surface area contributed by atoms with E-state index in [-0.39, 0.29) is 5.82 Å². The molecular weight excluding hydrogens is 403 g/mol. The molecule has 1 N–H and O–H groups in total. The Morgan fingerprint density at radius 3 is 2.81 bits per heavy atom. The Balaban J connectivity index is 1.88. The fraction of sp³-hybridized carbons (Fsp3) is 0.250. The molecule has 110 valence electrons. The van der Waals surface area contributed by atoms with Crippen LogP contribution >= 0.6 is 31.9 Å². The summed E-state index contributed by atoms with van der Waals surface area (Å²) in [7, 11) is 0. The average Bonchev–Trinajstić information content (AvgIpc) is 2.90. The molecule has 1 aliphatic rings. The van der Waals surface area contributed by atoms with Crippen molar-refractivity contribution < 1.29 is 14.2 Å². The van der Waals surface area contributed by atoms with Gasteiger partial charge in [0.2, 0.25) is 0 Å². The molecular formula is C16H13Br2FO2. The van der Waals surface area contributed by atoms with Crippen LogP contribution in [0.1, 0.15) is 22.8 Å². The number of halogens is 3. The summed E-state index contributed by atoms with van der Waals surface area (Å²) in [5.74, 6) is 0.538. The lowest BCUT2D eigenvalue weighted by Crippen LogP contribution is -2.04. The molecule has 0 fully saturated rings. The van der Waals surface area contributed by atoms with Gasteiger partial charge in [-0.25, -0.2) is 4.39 Å². The third kappa shape index (κ3) is 3.15. The number of aliphatic hydroxyl groups excluding tert-OH is 1. The normalized spacial score (nSPS) is 14.7. The lowest BCUT2D eigenvalue weighted by atomic mass is 9.99. The molecule has 0 aromatic heterocycles. The van der Waals surface area contributed by atoms with Crippen LogP contribution in [-0.2, 0) is 12.8 Å². The van der Waals surface area contributed by atoms with E-state index < -0.39 is 6.10 Å². The van der Waals surface area contributed by atoms with E-state index in [0.29, 0.717) is 23.1 Å². The van der Waals surface area contributed by atoms with Crippen LogP contribution in [0, 0.1) is 5.82 Å². The Morgan fingerprint density at radius 2 is 2.05 bits per heavy atom. The number of hydrogen-bond donors (Lipinski definition) is 1. The van der Waals surface area contributed by atoms with Crippen LogP contribution in [0.3, 0.4) is 0 Å². The molecule has 1 aliphatic heterocycles. The van der Waals surface area contributed by atoms with Crippen molar-refractivity contribution in [3.63, 3.8) is 0 Å². The predicted molar refractivity (Wildman–Crippen MR) is 86.1 cm³/mol. The number of benzene rings is 2. The van der Waals surface area contributed by atoms with Crippen molar-refractivity contribution in [2.75, 3.05) is 6.61 Å². The molecule has 2 aromatic rings. The molecule has 2 nitrogen and oxygen atoms in total. The molecule has 1 atom stereocenters. The lowest BCUT2D eigenvalue weighted by molar-refractivity contribution is 0.177. The van der Waals surface area contributed by atoms with E-state index in [1.165, 1.54) is 6.07 Å². The van der Waals surface area contributed by atoms with E-state index in [2.05, 4.69) is 31.9 Å². The molecule has 1 heterocycles. The van der Waals surface area contributed by atoms with Gasteiger partial charge in [-0.1, -0.05) is 22.0 Å². The molecule has 0 radical (unpaired) electrons. The predicted octanol–water partition coefficient (Wildman–Crippen LogP) is 4.56. The van der Waals surface area contributed by atoms with Crippen molar-refractivity contribution in [1.29, 1.82) is 0 Å². The summed E-state index contributed by atoms with van der Waals surface area (Å²) in [5, 5.41) is 10.4. The van der Waals surface area contributed by atoms with Crippen LogP contribution in [0.2, 0.25) is 0 Å². The van der Waals surface area contributed by atoms with Gasteiger partial charge in [-0.2, -0.15) is 0 Å². The monoisotopic (exact) mass is 414 g/mol. The largest absolute Gasteiger partial charge is 0.493 e. The molecule has 1 unspecified atom stereocenters. The van der Waals surface area contributed by atoms with Gasteiger partial charge in [0, 0.05) is 17.3 Å². The van der Waals surface area contributed by atoms with Crippen LogP contribution in [0.4, 0.5) is 4.39 Å².